The van der Waals surface area contributed by atoms with E-state index in [1.54, 1.807) is 28.4 Å². The van der Waals surface area contributed by atoms with Crippen molar-refractivity contribution in [2.45, 2.75) is 57.8 Å². The van der Waals surface area contributed by atoms with E-state index in [-0.39, 0.29) is 18.6 Å². The zero-order valence-electron chi connectivity index (χ0n) is 17.8. The highest BCUT2D eigenvalue weighted by Gasteiger charge is 2.42. The van der Waals surface area contributed by atoms with Crippen LogP contribution in [0.15, 0.2) is 0 Å². The van der Waals surface area contributed by atoms with Crippen molar-refractivity contribution in [2.75, 3.05) is 41.7 Å². The maximum atomic E-state index is 10.3. The van der Waals surface area contributed by atoms with E-state index >= 15 is 0 Å². The van der Waals surface area contributed by atoms with Gasteiger partial charge in [0.2, 0.25) is 11.5 Å². The molecular formula is C22H36O6. The van der Waals surface area contributed by atoms with Gasteiger partial charge in [0.05, 0.1) is 28.4 Å². The van der Waals surface area contributed by atoms with Crippen molar-refractivity contribution in [1.29, 1.82) is 0 Å². The summed E-state index contributed by atoms with van der Waals surface area (Å²) in [5.41, 5.74) is 1.90. The van der Waals surface area contributed by atoms with Crippen molar-refractivity contribution in [3.63, 3.8) is 0 Å². The quantitative estimate of drug-likeness (QED) is 0.497. The lowest BCUT2D eigenvalue weighted by Gasteiger charge is -2.26. The molecule has 6 nitrogen and oxygen atoms in total. The van der Waals surface area contributed by atoms with E-state index in [1.807, 2.05) is 0 Å². The van der Waals surface area contributed by atoms with Crippen molar-refractivity contribution in [3.05, 3.63) is 11.1 Å². The molecule has 6 heteroatoms. The van der Waals surface area contributed by atoms with Crippen LogP contribution >= 0.6 is 0 Å². The smallest absolute Gasteiger partial charge is 0.207 e. The molecule has 0 unspecified atom stereocenters. The van der Waals surface area contributed by atoms with Crippen LogP contribution in [0, 0.1) is 5.41 Å². The zero-order chi connectivity index (χ0) is 20.6. The number of hydrogen-bond donors (Lipinski definition) is 2. The summed E-state index contributed by atoms with van der Waals surface area (Å²) in [5.74, 6) is 2.43. The molecule has 0 atom stereocenters. The number of methoxy groups -OCH3 is 4. The third-order valence-electron chi connectivity index (χ3n) is 5.90. The van der Waals surface area contributed by atoms with E-state index in [0.29, 0.717) is 23.0 Å². The second-order valence-corrected chi connectivity index (χ2v) is 7.70. The highest BCUT2D eigenvalue weighted by atomic mass is 16.5. The fourth-order valence-electron chi connectivity index (χ4n) is 4.43. The Balaban J connectivity index is 2.18. The van der Waals surface area contributed by atoms with Gasteiger partial charge in [-0.2, -0.15) is 0 Å². The van der Waals surface area contributed by atoms with E-state index in [4.69, 9.17) is 24.1 Å². The van der Waals surface area contributed by atoms with Crippen molar-refractivity contribution in [1.82, 2.24) is 0 Å². The van der Waals surface area contributed by atoms with Gasteiger partial charge in [0, 0.05) is 29.8 Å². The maximum Gasteiger partial charge on any atom is 0.207 e. The lowest BCUT2D eigenvalue weighted by atomic mass is 9.80. The number of fused-ring (bicyclic) bond motifs is 1. The van der Waals surface area contributed by atoms with Crippen LogP contribution in [0.2, 0.25) is 0 Å². The van der Waals surface area contributed by atoms with E-state index in [1.165, 1.54) is 6.42 Å². The van der Waals surface area contributed by atoms with Gasteiger partial charge in [0.1, 0.15) is 0 Å². The Hall–Kier alpha value is -1.66. The van der Waals surface area contributed by atoms with Crippen molar-refractivity contribution >= 4 is 0 Å². The molecule has 0 heterocycles. The monoisotopic (exact) mass is 396 g/mol. The normalized spacial score (nSPS) is 14.6. The highest BCUT2D eigenvalue weighted by molar-refractivity contribution is 5.68. The van der Waals surface area contributed by atoms with Gasteiger partial charge in [0.25, 0.3) is 0 Å². The molecule has 0 bridgehead atoms. The van der Waals surface area contributed by atoms with Gasteiger partial charge in [-0.3, -0.25) is 0 Å². The summed E-state index contributed by atoms with van der Waals surface area (Å²) in [6, 6.07) is 0. The standard InChI is InChI=1S/C22H36O6/c1-25-18-16-13-22(15-24,11-9-7-5-6-8-10-12-23)14-17(16)19(26-2)21(28-4)20(18)27-3/h23-24H,5-15H2,1-4H3. The van der Waals surface area contributed by atoms with E-state index < -0.39 is 0 Å². The Labute approximate surface area is 168 Å². The number of rotatable bonds is 13. The van der Waals surface area contributed by atoms with Crippen molar-refractivity contribution < 1.29 is 29.2 Å². The molecular weight excluding hydrogens is 360 g/mol. The molecule has 1 aromatic carbocycles. The molecule has 0 aliphatic heterocycles. The molecule has 1 aliphatic rings. The Morgan fingerprint density at radius 2 is 1.07 bits per heavy atom. The van der Waals surface area contributed by atoms with E-state index in [2.05, 4.69) is 0 Å². The SMILES string of the molecule is COc1c2c(c(OC)c(OC)c1OC)CC(CO)(CCCCCCCCO)C2. The molecule has 0 saturated carbocycles. The summed E-state index contributed by atoms with van der Waals surface area (Å²) in [6.07, 6.45) is 8.95. The predicted octanol–water partition coefficient (Wildman–Crippen LogP) is 3.52. The van der Waals surface area contributed by atoms with E-state index in [9.17, 15) is 5.11 Å². The molecule has 1 aliphatic carbocycles. The first-order chi connectivity index (χ1) is 13.6. The molecule has 1 aromatic rings. The van der Waals surface area contributed by atoms with Gasteiger partial charge in [-0.25, -0.2) is 0 Å². The first kappa shape index (κ1) is 22.6. The summed E-state index contributed by atoms with van der Waals surface area (Å²) in [5, 5.41) is 19.1. The lowest BCUT2D eigenvalue weighted by molar-refractivity contribution is 0.120. The molecule has 0 spiro atoms. The molecule has 28 heavy (non-hydrogen) atoms. The van der Waals surface area contributed by atoms with Crippen LogP contribution in [0.1, 0.15) is 56.1 Å². The maximum absolute atomic E-state index is 10.3. The summed E-state index contributed by atoms with van der Waals surface area (Å²) in [7, 11) is 6.46. The average molecular weight is 397 g/mol. The molecule has 0 aromatic heterocycles. The molecule has 0 fully saturated rings. The van der Waals surface area contributed by atoms with Gasteiger partial charge in [-0.1, -0.05) is 32.1 Å². The summed E-state index contributed by atoms with van der Waals surface area (Å²) in [6.45, 7) is 0.408. The number of hydrogen-bond acceptors (Lipinski definition) is 6. The minimum atomic E-state index is -0.203. The van der Waals surface area contributed by atoms with E-state index in [0.717, 1.165) is 62.5 Å². The second kappa shape index (κ2) is 10.8. The Morgan fingerprint density at radius 3 is 1.46 bits per heavy atom. The van der Waals surface area contributed by atoms with Gasteiger partial charge >= 0.3 is 0 Å². The summed E-state index contributed by atoms with van der Waals surface area (Å²) in [4.78, 5) is 0. The predicted molar refractivity (Wildman–Crippen MR) is 109 cm³/mol. The number of aliphatic hydroxyl groups excluding tert-OH is 2. The first-order valence-corrected chi connectivity index (χ1v) is 10.2. The Kier molecular flexibility index (Phi) is 8.70. The fraction of sp³-hybridized carbons (Fsp3) is 0.727. The van der Waals surface area contributed by atoms with Gasteiger partial charge in [-0.05, 0) is 25.7 Å². The highest BCUT2D eigenvalue weighted by Crippen LogP contribution is 2.56. The third-order valence-corrected chi connectivity index (χ3v) is 5.90. The second-order valence-electron chi connectivity index (χ2n) is 7.70. The summed E-state index contributed by atoms with van der Waals surface area (Å²) >= 11 is 0. The molecule has 2 N–H and O–H groups in total. The Bertz CT molecular complexity index is 587. The van der Waals surface area contributed by atoms with Gasteiger partial charge in [0.15, 0.2) is 11.5 Å². The third kappa shape index (κ3) is 4.66. The first-order valence-electron chi connectivity index (χ1n) is 10.2. The number of aliphatic hydroxyl groups is 2. The average Bonchev–Trinajstić information content (AvgIpc) is 3.10. The number of ether oxygens (including phenoxy) is 4. The molecule has 2 rings (SSSR count). The van der Waals surface area contributed by atoms with Crippen LogP contribution in [0.4, 0.5) is 0 Å². The van der Waals surface area contributed by atoms with Crippen LogP contribution in [0.3, 0.4) is 0 Å². The van der Waals surface area contributed by atoms with Crippen LogP contribution in [-0.4, -0.2) is 51.9 Å². The Morgan fingerprint density at radius 1 is 0.643 bits per heavy atom. The van der Waals surface area contributed by atoms with Crippen molar-refractivity contribution in [2.24, 2.45) is 5.41 Å². The van der Waals surface area contributed by atoms with Crippen LogP contribution < -0.4 is 18.9 Å². The fourth-order valence-corrected chi connectivity index (χ4v) is 4.43. The van der Waals surface area contributed by atoms with Gasteiger partial charge in [-0.15, -0.1) is 0 Å². The largest absolute Gasteiger partial charge is 0.492 e. The van der Waals surface area contributed by atoms with Gasteiger partial charge < -0.3 is 29.2 Å². The number of unbranched alkanes of at least 4 members (excludes halogenated alkanes) is 5. The van der Waals surface area contributed by atoms with Crippen molar-refractivity contribution in [3.8, 4) is 23.0 Å². The number of benzene rings is 1. The minimum absolute atomic E-state index is 0.128. The summed E-state index contributed by atoms with van der Waals surface area (Å²) < 4.78 is 22.5. The molecule has 0 saturated heterocycles. The van der Waals surface area contributed by atoms with Crippen LogP contribution in [0.5, 0.6) is 23.0 Å². The zero-order valence-corrected chi connectivity index (χ0v) is 17.8. The van der Waals surface area contributed by atoms with Crippen LogP contribution in [-0.2, 0) is 12.8 Å². The lowest BCUT2D eigenvalue weighted by Crippen LogP contribution is -2.26. The minimum Gasteiger partial charge on any atom is -0.492 e. The molecule has 160 valence electrons. The molecule has 0 radical (unpaired) electrons. The topological polar surface area (TPSA) is 77.4 Å². The van der Waals surface area contributed by atoms with Crippen LogP contribution in [0.25, 0.3) is 0 Å². The molecule has 0 amide bonds.